The van der Waals surface area contributed by atoms with Crippen LogP contribution in [0.25, 0.3) is 5.69 Å². The largest absolute Gasteiger partial charge is 0.480 e. The highest BCUT2D eigenvalue weighted by Crippen LogP contribution is 2.17. The molecular formula is C19H26ClFN4O2. The number of carbonyl (C=O) groups is 1. The highest BCUT2D eigenvalue weighted by molar-refractivity contribution is 5.85. The van der Waals surface area contributed by atoms with E-state index < -0.39 is 5.97 Å². The van der Waals surface area contributed by atoms with Crippen molar-refractivity contribution in [2.75, 3.05) is 26.7 Å². The lowest BCUT2D eigenvalue weighted by Gasteiger charge is -2.25. The lowest BCUT2D eigenvalue weighted by Crippen LogP contribution is -2.36. The van der Waals surface area contributed by atoms with Crippen molar-refractivity contribution in [3.8, 4) is 5.69 Å². The maximum Gasteiger partial charge on any atom is 0.317 e. The first-order valence-electron chi connectivity index (χ1n) is 8.96. The minimum Gasteiger partial charge on any atom is -0.480 e. The van der Waals surface area contributed by atoms with E-state index in [1.165, 1.54) is 12.1 Å². The lowest BCUT2D eigenvalue weighted by atomic mass is 10.1. The molecule has 0 amide bonds. The number of likely N-dealkylation sites (tertiary alicyclic amines) is 1. The average molecular weight is 397 g/mol. The van der Waals surface area contributed by atoms with Gasteiger partial charge in [-0.05, 0) is 63.2 Å². The molecule has 1 aromatic carbocycles. The Kier molecular flexibility index (Phi) is 7.77. The molecule has 1 atom stereocenters. The van der Waals surface area contributed by atoms with Crippen LogP contribution in [-0.4, -0.2) is 63.4 Å². The molecule has 0 radical (unpaired) electrons. The van der Waals surface area contributed by atoms with Gasteiger partial charge < -0.3 is 5.11 Å². The summed E-state index contributed by atoms with van der Waals surface area (Å²) in [5, 5.41) is 13.6. The molecule has 148 valence electrons. The fourth-order valence-corrected chi connectivity index (χ4v) is 3.49. The second-order valence-electron chi connectivity index (χ2n) is 6.90. The maximum atomic E-state index is 13.0. The number of carboxylic acids is 1. The van der Waals surface area contributed by atoms with Crippen molar-refractivity contribution in [3.05, 3.63) is 48.0 Å². The van der Waals surface area contributed by atoms with Gasteiger partial charge in [0.1, 0.15) is 5.82 Å². The van der Waals surface area contributed by atoms with Crippen LogP contribution < -0.4 is 0 Å². The third kappa shape index (κ3) is 6.02. The Hall–Kier alpha value is -1.96. The van der Waals surface area contributed by atoms with E-state index in [-0.39, 0.29) is 24.8 Å². The Morgan fingerprint density at radius 1 is 1.26 bits per heavy atom. The highest BCUT2D eigenvalue weighted by Gasteiger charge is 2.22. The number of nitrogens with zero attached hydrogens (tertiary/aromatic N) is 4. The van der Waals surface area contributed by atoms with E-state index in [0.717, 1.165) is 50.3 Å². The zero-order chi connectivity index (χ0) is 18.5. The first kappa shape index (κ1) is 21.3. The molecule has 0 bridgehead atoms. The second-order valence-corrected chi connectivity index (χ2v) is 6.90. The van der Waals surface area contributed by atoms with Crippen molar-refractivity contribution in [3.63, 3.8) is 0 Å². The summed E-state index contributed by atoms with van der Waals surface area (Å²) in [7, 11) is 1.89. The quantitative estimate of drug-likeness (QED) is 0.813. The van der Waals surface area contributed by atoms with Gasteiger partial charge in [0.2, 0.25) is 0 Å². The van der Waals surface area contributed by atoms with Crippen LogP contribution in [0.3, 0.4) is 0 Å². The molecule has 2 heterocycles. The van der Waals surface area contributed by atoms with Gasteiger partial charge in [0.05, 0.1) is 17.9 Å². The third-order valence-electron chi connectivity index (χ3n) is 4.92. The van der Waals surface area contributed by atoms with E-state index in [1.807, 2.05) is 24.2 Å². The summed E-state index contributed by atoms with van der Waals surface area (Å²) in [6.07, 6.45) is 4.92. The Bertz CT molecular complexity index is 738. The molecule has 6 nitrogen and oxygen atoms in total. The lowest BCUT2D eigenvalue weighted by molar-refractivity contribution is -0.138. The van der Waals surface area contributed by atoms with Crippen LogP contribution in [0.2, 0.25) is 0 Å². The Morgan fingerprint density at radius 3 is 2.70 bits per heavy atom. The molecule has 1 aliphatic heterocycles. The summed E-state index contributed by atoms with van der Waals surface area (Å²) in [4.78, 5) is 15.2. The van der Waals surface area contributed by atoms with Crippen LogP contribution in [-0.2, 0) is 11.3 Å². The summed E-state index contributed by atoms with van der Waals surface area (Å²) in [5.41, 5.74) is 1.82. The van der Waals surface area contributed by atoms with Gasteiger partial charge in [0, 0.05) is 25.3 Å². The van der Waals surface area contributed by atoms with E-state index >= 15 is 0 Å². The van der Waals surface area contributed by atoms with Crippen LogP contribution in [0.1, 0.15) is 25.0 Å². The van der Waals surface area contributed by atoms with Crippen LogP contribution in [0, 0.1) is 5.82 Å². The SMILES string of the molecule is CN(CC(=O)O)C1CCCN(Cc2ccn(-c3ccc(F)cc3)n2)CC1.Cl. The molecule has 0 spiro atoms. The van der Waals surface area contributed by atoms with Gasteiger partial charge in [-0.1, -0.05) is 0 Å². The number of aromatic nitrogens is 2. The fraction of sp³-hybridized carbons (Fsp3) is 0.474. The van der Waals surface area contributed by atoms with Crippen molar-refractivity contribution in [2.24, 2.45) is 0 Å². The summed E-state index contributed by atoms with van der Waals surface area (Å²) in [5.74, 6) is -1.03. The number of rotatable bonds is 6. The van der Waals surface area contributed by atoms with Gasteiger partial charge in [-0.15, -0.1) is 12.4 Å². The monoisotopic (exact) mass is 396 g/mol. The first-order chi connectivity index (χ1) is 12.5. The standard InChI is InChI=1S/C19H25FN4O2.ClH/c1-22(14-19(25)26)17-3-2-10-23(11-9-17)13-16-8-12-24(21-16)18-6-4-15(20)5-7-18;/h4-8,12,17H,2-3,9-11,13-14H2,1H3,(H,25,26);1H. The van der Waals surface area contributed by atoms with E-state index in [2.05, 4.69) is 10.00 Å². The predicted octanol–water partition coefficient (Wildman–Crippen LogP) is 2.80. The highest BCUT2D eigenvalue weighted by atomic mass is 35.5. The van der Waals surface area contributed by atoms with Crippen LogP contribution in [0.15, 0.2) is 36.5 Å². The molecule has 0 aliphatic carbocycles. The Labute approximate surface area is 165 Å². The van der Waals surface area contributed by atoms with E-state index in [4.69, 9.17) is 5.11 Å². The molecule has 0 saturated carbocycles. The summed E-state index contributed by atoms with van der Waals surface area (Å²) < 4.78 is 14.8. The smallest absolute Gasteiger partial charge is 0.317 e. The van der Waals surface area contributed by atoms with Crippen molar-refractivity contribution >= 4 is 18.4 Å². The van der Waals surface area contributed by atoms with Crippen LogP contribution >= 0.6 is 12.4 Å². The zero-order valence-electron chi connectivity index (χ0n) is 15.4. The number of hydrogen-bond acceptors (Lipinski definition) is 4. The van der Waals surface area contributed by atoms with Crippen LogP contribution in [0.5, 0.6) is 0 Å². The van der Waals surface area contributed by atoms with Crippen molar-refractivity contribution < 1.29 is 14.3 Å². The molecule has 1 fully saturated rings. The molecular weight excluding hydrogens is 371 g/mol. The van der Waals surface area contributed by atoms with Crippen molar-refractivity contribution in [1.82, 2.24) is 19.6 Å². The van der Waals surface area contributed by atoms with Gasteiger partial charge in [0.25, 0.3) is 0 Å². The van der Waals surface area contributed by atoms with E-state index in [0.29, 0.717) is 6.04 Å². The molecule has 1 aromatic heterocycles. The number of aliphatic carboxylic acids is 1. The number of likely N-dealkylation sites (N-methyl/N-ethyl adjacent to an activating group) is 1. The number of hydrogen-bond donors (Lipinski definition) is 1. The molecule has 1 saturated heterocycles. The first-order valence-corrected chi connectivity index (χ1v) is 8.96. The summed E-state index contributed by atoms with van der Waals surface area (Å²) in [6.45, 7) is 2.77. The molecule has 8 heteroatoms. The van der Waals surface area contributed by atoms with Crippen molar-refractivity contribution in [1.29, 1.82) is 0 Å². The third-order valence-corrected chi connectivity index (χ3v) is 4.92. The van der Waals surface area contributed by atoms with Gasteiger partial charge >= 0.3 is 5.97 Å². The van der Waals surface area contributed by atoms with E-state index in [9.17, 15) is 9.18 Å². The van der Waals surface area contributed by atoms with E-state index in [1.54, 1.807) is 16.8 Å². The summed E-state index contributed by atoms with van der Waals surface area (Å²) in [6, 6.07) is 8.58. The molecule has 1 unspecified atom stereocenters. The van der Waals surface area contributed by atoms with Gasteiger partial charge in [-0.3, -0.25) is 14.6 Å². The Morgan fingerprint density at radius 2 is 2.00 bits per heavy atom. The summed E-state index contributed by atoms with van der Waals surface area (Å²) >= 11 is 0. The zero-order valence-corrected chi connectivity index (χ0v) is 16.2. The number of benzene rings is 1. The molecule has 1 aliphatic rings. The predicted molar refractivity (Wildman–Crippen MR) is 104 cm³/mol. The van der Waals surface area contributed by atoms with Gasteiger partial charge in [-0.25, -0.2) is 9.07 Å². The average Bonchev–Trinajstić information content (AvgIpc) is 2.93. The fourth-order valence-electron chi connectivity index (χ4n) is 3.49. The minimum atomic E-state index is -0.778. The van der Waals surface area contributed by atoms with Gasteiger partial charge in [0.15, 0.2) is 0 Å². The molecule has 2 aromatic rings. The topological polar surface area (TPSA) is 61.6 Å². The number of halogens is 2. The maximum absolute atomic E-state index is 13.0. The second kappa shape index (κ2) is 9.82. The molecule has 27 heavy (non-hydrogen) atoms. The molecule has 1 N–H and O–H groups in total. The molecule has 3 rings (SSSR count). The van der Waals surface area contributed by atoms with Crippen LogP contribution in [0.4, 0.5) is 4.39 Å². The normalized spacial score (nSPS) is 18.1. The minimum absolute atomic E-state index is 0. The number of carboxylic acid groups (broad SMARTS) is 1. The Balaban J connectivity index is 0.00000261. The van der Waals surface area contributed by atoms with Crippen molar-refractivity contribution in [2.45, 2.75) is 31.8 Å². The van der Waals surface area contributed by atoms with Gasteiger partial charge in [-0.2, -0.15) is 5.10 Å².